The molecule has 1 N–H and O–H groups in total. The molecule has 1 unspecified atom stereocenters. The molecule has 0 amide bonds. The standard InChI is InChI=1S/C17H36N2/c1-5-8-14-19(15(4)7-3)17-11-9-16(10-12-17)18-13-6-2/h15-18H,5-14H2,1-4H3. The van der Waals surface area contributed by atoms with E-state index in [0.29, 0.717) is 0 Å². The SMILES string of the molecule is CCCCN(C(C)CC)C1CCC(NCCC)CC1. The average molecular weight is 268 g/mol. The highest BCUT2D eigenvalue weighted by Gasteiger charge is 2.27. The number of nitrogens with zero attached hydrogens (tertiary/aromatic N) is 1. The Bertz CT molecular complexity index is 209. The van der Waals surface area contributed by atoms with Crippen molar-refractivity contribution in [3.05, 3.63) is 0 Å². The fourth-order valence-corrected chi connectivity index (χ4v) is 3.30. The molecule has 19 heavy (non-hydrogen) atoms. The van der Waals surface area contributed by atoms with Crippen LogP contribution >= 0.6 is 0 Å². The fraction of sp³-hybridized carbons (Fsp3) is 1.00. The molecule has 0 aromatic heterocycles. The third-order valence-electron chi connectivity index (χ3n) is 4.78. The second kappa shape index (κ2) is 9.77. The van der Waals surface area contributed by atoms with Gasteiger partial charge in [0.2, 0.25) is 0 Å². The van der Waals surface area contributed by atoms with E-state index in [1.807, 2.05) is 0 Å². The number of nitrogens with one attached hydrogen (secondary N) is 1. The van der Waals surface area contributed by atoms with Crippen LogP contribution in [-0.2, 0) is 0 Å². The largest absolute Gasteiger partial charge is 0.314 e. The minimum absolute atomic E-state index is 0.761. The van der Waals surface area contributed by atoms with Crippen LogP contribution in [0.4, 0.5) is 0 Å². The second-order valence-electron chi connectivity index (χ2n) is 6.31. The van der Waals surface area contributed by atoms with Crippen molar-refractivity contribution in [2.24, 2.45) is 0 Å². The molecule has 0 aromatic carbocycles. The van der Waals surface area contributed by atoms with E-state index in [0.717, 1.165) is 18.1 Å². The van der Waals surface area contributed by atoms with Gasteiger partial charge in [0.15, 0.2) is 0 Å². The Kier molecular flexibility index (Phi) is 8.72. The van der Waals surface area contributed by atoms with Crippen molar-refractivity contribution in [3.8, 4) is 0 Å². The Morgan fingerprint density at radius 3 is 2.26 bits per heavy atom. The molecular formula is C17H36N2. The van der Waals surface area contributed by atoms with Gasteiger partial charge in [0.1, 0.15) is 0 Å². The Morgan fingerprint density at radius 2 is 1.74 bits per heavy atom. The highest BCUT2D eigenvalue weighted by Crippen LogP contribution is 2.25. The van der Waals surface area contributed by atoms with Gasteiger partial charge in [-0.2, -0.15) is 0 Å². The summed E-state index contributed by atoms with van der Waals surface area (Å²) in [6.07, 6.45) is 10.8. The van der Waals surface area contributed by atoms with Crippen molar-refractivity contribution < 1.29 is 0 Å². The van der Waals surface area contributed by atoms with Crippen LogP contribution in [-0.4, -0.2) is 36.1 Å². The predicted octanol–water partition coefficient (Wildman–Crippen LogP) is 4.20. The molecule has 2 heteroatoms. The van der Waals surface area contributed by atoms with E-state index in [-0.39, 0.29) is 0 Å². The van der Waals surface area contributed by atoms with E-state index >= 15 is 0 Å². The minimum atomic E-state index is 0.761. The van der Waals surface area contributed by atoms with Crippen molar-refractivity contribution >= 4 is 0 Å². The van der Waals surface area contributed by atoms with Gasteiger partial charge < -0.3 is 5.32 Å². The molecule has 0 spiro atoms. The minimum Gasteiger partial charge on any atom is -0.314 e. The molecule has 2 nitrogen and oxygen atoms in total. The highest BCUT2D eigenvalue weighted by atomic mass is 15.2. The van der Waals surface area contributed by atoms with Gasteiger partial charge in [-0.25, -0.2) is 0 Å². The molecule has 0 aromatic rings. The summed E-state index contributed by atoms with van der Waals surface area (Å²) in [4.78, 5) is 2.81. The summed E-state index contributed by atoms with van der Waals surface area (Å²) >= 11 is 0. The summed E-state index contributed by atoms with van der Waals surface area (Å²) in [5, 5.41) is 3.70. The van der Waals surface area contributed by atoms with Crippen LogP contribution in [0.5, 0.6) is 0 Å². The molecule has 0 aliphatic heterocycles. The average Bonchev–Trinajstić information content (AvgIpc) is 2.46. The van der Waals surface area contributed by atoms with E-state index in [2.05, 4.69) is 37.9 Å². The Hall–Kier alpha value is -0.0800. The Balaban J connectivity index is 2.40. The second-order valence-corrected chi connectivity index (χ2v) is 6.31. The van der Waals surface area contributed by atoms with Crippen molar-refractivity contribution in [1.29, 1.82) is 0 Å². The van der Waals surface area contributed by atoms with E-state index < -0.39 is 0 Å². The molecule has 0 radical (unpaired) electrons. The van der Waals surface area contributed by atoms with E-state index in [4.69, 9.17) is 0 Å². The molecule has 1 aliphatic rings. The molecule has 114 valence electrons. The Morgan fingerprint density at radius 1 is 1.05 bits per heavy atom. The molecular weight excluding hydrogens is 232 g/mol. The van der Waals surface area contributed by atoms with Crippen LogP contribution in [0.2, 0.25) is 0 Å². The number of rotatable bonds is 9. The predicted molar refractivity (Wildman–Crippen MR) is 85.7 cm³/mol. The molecule has 1 rings (SSSR count). The van der Waals surface area contributed by atoms with Gasteiger partial charge >= 0.3 is 0 Å². The van der Waals surface area contributed by atoms with Crippen LogP contribution in [0, 0.1) is 0 Å². The van der Waals surface area contributed by atoms with E-state index in [1.54, 1.807) is 0 Å². The molecule has 1 saturated carbocycles. The third-order valence-corrected chi connectivity index (χ3v) is 4.78. The monoisotopic (exact) mass is 268 g/mol. The topological polar surface area (TPSA) is 15.3 Å². The van der Waals surface area contributed by atoms with Gasteiger partial charge in [-0.15, -0.1) is 0 Å². The maximum absolute atomic E-state index is 3.70. The van der Waals surface area contributed by atoms with Crippen LogP contribution in [0.25, 0.3) is 0 Å². The first-order chi connectivity index (χ1) is 9.22. The van der Waals surface area contributed by atoms with Crippen molar-refractivity contribution in [1.82, 2.24) is 10.2 Å². The van der Waals surface area contributed by atoms with Gasteiger partial charge in [-0.1, -0.05) is 27.2 Å². The zero-order chi connectivity index (χ0) is 14.1. The van der Waals surface area contributed by atoms with E-state index in [1.165, 1.54) is 64.5 Å². The first-order valence-corrected chi connectivity index (χ1v) is 8.71. The lowest BCUT2D eigenvalue weighted by molar-refractivity contribution is 0.0994. The van der Waals surface area contributed by atoms with Crippen LogP contribution < -0.4 is 5.32 Å². The zero-order valence-corrected chi connectivity index (χ0v) is 13.8. The number of hydrogen-bond donors (Lipinski definition) is 1. The molecule has 1 atom stereocenters. The summed E-state index contributed by atoms with van der Waals surface area (Å²) in [6, 6.07) is 2.40. The Labute approximate surface area is 121 Å². The number of unbranched alkanes of at least 4 members (excludes halogenated alkanes) is 1. The van der Waals surface area contributed by atoms with Gasteiger partial charge in [-0.05, 0) is 65.0 Å². The summed E-state index contributed by atoms with van der Waals surface area (Å²) < 4.78 is 0. The summed E-state index contributed by atoms with van der Waals surface area (Å²) in [6.45, 7) is 11.8. The summed E-state index contributed by atoms with van der Waals surface area (Å²) in [5.74, 6) is 0. The van der Waals surface area contributed by atoms with Gasteiger partial charge in [-0.3, -0.25) is 4.90 Å². The van der Waals surface area contributed by atoms with Crippen molar-refractivity contribution in [2.75, 3.05) is 13.1 Å². The van der Waals surface area contributed by atoms with Crippen LogP contribution in [0.3, 0.4) is 0 Å². The van der Waals surface area contributed by atoms with Crippen LogP contribution in [0.1, 0.15) is 79.1 Å². The number of hydrogen-bond acceptors (Lipinski definition) is 2. The van der Waals surface area contributed by atoms with Gasteiger partial charge in [0.25, 0.3) is 0 Å². The summed E-state index contributed by atoms with van der Waals surface area (Å²) in [7, 11) is 0. The maximum atomic E-state index is 3.70. The van der Waals surface area contributed by atoms with Gasteiger partial charge in [0, 0.05) is 18.1 Å². The normalized spacial score (nSPS) is 25.7. The molecule has 1 fully saturated rings. The maximum Gasteiger partial charge on any atom is 0.00992 e. The zero-order valence-electron chi connectivity index (χ0n) is 13.8. The van der Waals surface area contributed by atoms with Crippen LogP contribution in [0.15, 0.2) is 0 Å². The highest BCUT2D eigenvalue weighted by molar-refractivity contribution is 4.84. The van der Waals surface area contributed by atoms with Crippen molar-refractivity contribution in [2.45, 2.75) is 97.2 Å². The first-order valence-electron chi connectivity index (χ1n) is 8.71. The molecule has 0 saturated heterocycles. The quantitative estimate of drug-likeness (QED) is 0.674. The lowest BCUT2D eigenvalue weighted by Crippen LogP contribution is -2.46. The first kappa shape index (κ1) is 17.0. The lowest BCUT2D eigenvalue weighted by atomic mass is 9.89. The lowest BCUT2D eigenvalue weighted by Gasteiger charge is -2.40. The molecule has 0 heterocycles. The molecule has 1 aliphatic carbocycles. The molecule has 0 bridgehead atoms. The van der Waals surface area contributed by atoms with Gasteiger partial charge in [0.05, 0.1) is 0 Å². The smallest absolute Gasteiger partial charge is 0.00992 e. The van der Waals surface area contributed by atoms with E-state index in [9.17, 15) is 0 Å². The fourth-order valence-electron chi connectivity index (χ4n) is 3.30. The van der Waals surface area contributed by atoms with Crippen molar-refractivity contribution in [3.63, 3.8) is 0 Å². The third kappa shape index (κ3) is 5.83. The summed E-state index contributed by atoms with van der Waals surface area (Å²) in [5.41, 5.74) is 0.